The lowest BCUT2D eigenvalue weighted by Gasteiger charge is -2.26. The molecule has 2 aromatic heterocycles. The molecule has 0 N–H and O–H groups in total. The Hall–Kier alpha value is -6.36. The second kappa shape index (κ2) is 12.8. The summed E-state index contributed by atoms with van der Waals surface area (Å²) in [4.78, 5) is 6.10. The van der Waals surface area contributed by atoms with E-state index in [4.69, 9.17) is 4.42 Å². The number of para-hydroxylation sites is 3. The Labute approximate surface area is 307 Å². The van der Waals surface area contributed by atoms with E-state index in [0.29, 0.717) is 0 Å². The molecule has 0 spiro atoms. The van der Waals surface area contributed by atoms with Gasteiger partial charge in [-0.15, -0.1) is 11.3 Å². The molecule has 0 radical (unpaired) electrons. The third kappa shape index (κ3) is 5.28. The number of rotatable bonds is 7. The van der Waals surface area contributed by atoms with Crippen molar-refractivity contribution in [1.29, 1.82) is 0 Å². The Kier molecular flexibility index (Phi) is 7.47. The molecule has 0 unspecified atom stereocenters. The maximum Gasteiger partial charge on any atom is 0.138 e. The summed E-state index contributed by atoms with van der Waals surface area (Å²) in [6, 6.07) is 65.3. The first-order chi connectivity index (χ1) is 25.8. The molecular formula is C48H34N2OS. The van der Waals surface area contributed by atoms with Gasteiger partial charge in [0.2, 0.25) is 0 Å². The summed E-state index contributed by atoms with van der Waals surface area (Å²) in [6.07, 6.45) is 1.00. The topological polar surface area (TPSA) is 19.6 Å². The molecular weight excluding hydrogens is 653 g/mol. The molecule has 0 amide bonds. The molecule has 0 aliphatic carbocycles. The molecule has 3 heterocycles. The van der Waals surface area contributed by atoms with E-state index in [0.717, 1.165) is 51.3 Å². The average Bonchev–Trinajstić information content (AvgIpc) is 3.97. The van der Waals surface area contributed by atoms with Crippen molar-refractivity contribution < 1.29 is 4.42 Å². The summed E-state index contributed by atoms with van der Waals surface area (Å²) in [7, 11) is 0. The van der Waals surface area contributed by atoms with Crippen LogP contribution < -0.4 is 9.80 Å². The third-order valence-corrected chi connectivity index (χ3v) is 11.3. The van der Waals surface area contributed by atoms with Gasteiger partial charge in [-0.1, -0.05) is 127 Å². The molecule has 9 aromatic rings. The standard InChI is InChI=1S/C48H34N2OS/c1-4-13-33(14-5-1)34-23-25-38(26-24-34)50(46-28-27-45(52-46)35-15-6-2-7-16-35)39-31-42(47-41-20-10-11-22-43(41)51-44(47)32-39)40-21-12-17-36-29-30-49(48(36)40)37-18-8-3-9-19-37/h1-28,31-32H,29-30H2. The molecule has 0 saturated carbocycles. The first-order valence-electron chi connectivity index (χ1n) is 17.8. The molecule has 52 heavy (non-hydrogen) atoms. The first-order valence-corrected chi connectivity index (χ1v) is 18.6. The number of fused-ring (bicyclic) bond motifs is 4. The second-order valence-corrected chi connectivity index (χ2v) is 14.3. The Morgan fingerprint density at radius 3 is 2.00 bits per heavy atom. The zero-order chi connectivity index (χ0) is 34.4. The van der Waals surface area contributed by atoms with Crippen LogP contribution in [0.1, 0.15) is 5.56 Å². The molecule has 0 saturated heterocycles. The smallest absolute Gasteiger partial charge is 0.138 e. The van der Waals surface area contributed by atoms with Gasteiger partial charge in [0.1, 0.15) is 16.2 Å². The van der Waals surface area contributed by atoms with Crippen LogP contribution in [0.15, 0.2) is 186 Å². The summed E-state index contributed by atoms with van der Waals surface area (Å²) in [6.45, 7) is 0.947. The van der Waals surface area contributed by atoms with Crippen molar-refractivity contribution in [2.45, 2.75) is 6.42 Å². The molecule has 7 aromatic carbocycles. The van der Waals surface area contributed by atoms with E-state index >= 15 is 0 Å². The lowest BCUT2D eigenvalue weighted by atomic mass is 9.95. The SMILES string of the molecule is c1ccc(-c2ccc(N(c3cc(-c4cccc5c4N(c4ccccc4)CC5)c4c(c3)oc3ccccc34)c3ccc(-c4ccccc4)s3)cc2)cc1. The van der Waals surface area contributed by atoms with E-state index < -0.39 is 0 Å². The summed E-state index contributed by atoms with van der Waals surface area (Å²) in [5.74, 6) is 0. The van der Waals surface area contributed by atoms with Crippen molar-refractivity contribution >= 4 is 61.0 Å². The van der Waals surface area contributed by atoms with Crippen LogP contribution in [0.5, 0.6) is 0 Å². The third-order valence-electron chi connectivity index (χ3n) is 10.2. The maximum atomic E-state index is 6.72. The number of furan rings is 1. The van der Waals surface area contributed by atoms with Crippen molar-refractivity contribution in [2.24, 2.45) is 0 Å². The minimum absolute atomic E-state index is 0.876. The number of nitrogens with zero attached hydrogens (tertiary/aromatic N) is 2. The Balaban J connectivity index is 1.20. The predicted molar refractivity (Wildman–Crippen MR) is 220 cm³/mol. The zero-order valence-electron chi connectivity index (χ0n) is 28.4. The summed E-state index contributed by atoms with van der Waals surface area (Å²) in [5.41, 5.74) is 13.8. The van der Waals surface area contributed by atoms with Crippen LogP contribution >= 0.6 is 11.3 Å². The average molecular weight is 687 g/mol. The van der Waals surface area contributed by atoms with Gasteiger partial charge in [-0.3, -0.25) is 0 Å². The van der Waals surface area contributed by atoms with Crippen molar-refractivity contribution in [3.05, 3.63) is 188 Å². The Morgan fingerprint density at radius 1 is 0.519 bits per heavy atom. The largest absolute Gasteiger partial charge is 0.456 e. The summed E-state index contributed by atoms with van der Waals surface area (Å²) < 4.78 is 6.72. The highest BCUT2D eigenvalue weighted by Gasteiger charge is 2.27. The number of thiophene rings is 1. The quantitative estimate of drug-likeness (QED) is 0.166. The van der Waals surface area contributed by atoms with E-state index in [9.17, 15) is 0 Å². The highest BCUT2D eigenvalue weighted by Crippen LogP contribution is 2.50. The number of hydrogen-bond acceptors (Lipinski definition) is 4. The van der Waals surface area contributed by atoms with Gasteiger partial charge in [-0.25, -0.2) is 0 Å². The van der Waals surface area contributed by atoms with Gasteiger partial charge in [0.25, 0.3) is 0 Å². The first kappa shape index (κ1) is 30.5. The highest BCUT2D eigenvalue weighted by molar-refractivity contribution is 7.19. The van der Waals surface area contributed by atoms with Crippen molar-refractivity contribution in [2.75, 3.05) is 16.3 Å². The summed E-state index contributed by atoms with van der Waals surface area (Å²) in [5, 5.41) is 3.40. The van der Waals surface area contributed by atoms with Crippen molar-refractivity contribution in [3.8, 4) is 32.7 Å². The van der Waals surface area contributed by atoms with Gasteiger partial charge in [0.05, 0.1) is 11.4 Å². The van der Waals surface area contributed by atoms with Gasteiger partial charge >= 0.3 is 0 Å². The molecule has 10 rings (SSSR count). The number of anilines is 5. The van der Waals surface area contributed by atoms with E-state index in [2.05, 4.69) is 192 Å². The number of hydrogen-bond donors (Lipinski definition) is 0. The van der Waals surface area contributed by atoms with Crippen LogP contribution in [-0.2, 0) is 6.42 Å². The Morgan fingerprint density at radius 2 is 1.21 bits per heavy atom. The van der Waals surface area contributed by atoms with Gasteiger partial charge in [0, 0.05) is 45.2 Å². The van der Waals surface area contributed by atoms with Crippen molar-refractivity contribution in [3.63, 3.8) is 0 Å². The minimum atomic E-state index is 0.876. The van der Waals surface area contributed by atoms with E-state index in [1.807, 2.05) is 0 Å². The Bertz CT molecular complexity index is 2680. The van der Waals surface area contributed by atoms with Crippen LogP contribution in [0.2, 0.25) is 0 Å². The van der Waals surface area contributed by atoms with E-state index in [1.54, 1.807) is 11.3 Å². The van der Waals surface area contributed by atoms with Gasteiger partial charge in [-0.05, 0) is 82.8 Å². The van der Waals surface area contributed by atoms with Crippen LogP contribution in [0.3, 0.4) is 0 Å². The molecule has 0 fully saturated rings. The molecule has 3 nitrogen and oxygen atoms in total. The molecule has 1 aliphatic rings. The molecule has 248 valence electrons. The fourth-order valence-electron chi connectivity index (χ4n) is 7.76. The molecule has 4 heteroatoms. The van der Waals surface area contributed by atoms with Crippen LogP contribution in [0, 0.1) is 0 Å². The van der Waals surface area contributed by atoms with Crippen LogP contribution in [0.4, 0.5) is 27.8 Å². The van der Waals surface area contributed by atoms with Gasteiger partial charge < -0.3 is 14.2 Å². The lowest BCUT2D eigenvalue weighted by Crippen LogP contribution is -2.14. The fraction of sp³-hybridized carbons (Fsp3) is 0.0417. The highest BCUT2D eigenvalue weighted by atomic mass is 32.1. The number of benzene rings is 7. The van der Waals surface area contributed by atoms with Crippen LogP contribution in [-0.4, -0.2) is 6.54 Å². The second-order valence-electron chi connectivity index (χ2n) is 13.3. The predicted octanol–water partition coefficient (Wildman–Crippen LogP) is 13.8. The summed E-state index contributed by atoms with van der Waals surface area (Å²) >= 11 is 1.80. The van der Waals surface area contributed by atoms with Gasteiger partial charge in [0.15, 0.2) is 0 Å². The normalized spacial score (nSPS) is 12.4. The maximum absolute atomic E-state index is 6.72. The minimum Gasteiger partial charge on any atom is -0.456 e. The lowest BCUT2D eigenvalue weighted by molar-refractivity contribution is 0.669. The van der Waals surface area contributed by atoms with Gasteiger partial charge in [-0.2, -0.15) is 0 Å². The zero-order valence-corrected chi connectivity index (χ0v) is 29.3. The van der Waals surface area contributed by atoms with Crippen molar-refractivity contribution in [1.82, 2.24) is 0 Å². The molecule has 1 aliphatic heterocycles. The molecule has 0 atom stereocenters. The van der Waals surface area contributed by atoms with Crippen LogP contribution in [0.25, 0.3) is 54.6 Å². The van der Waals surface area contributed by atoms with E-state index in [-0.39, 0.29) is 0 Å². The monoisotopic (exact) mass is 686 g/mol. The molecule has 0 bridgehead atoms. The van der Waals surface area contributed by atoms with E-state index in [1.165, 1.54) is 49.6 Å². The fourth-order valence-corrected chi connectivity index (χ4v) is 8.82.